The van der Waals surface area contributed by atoms with Crippen LogP contribution < -0.4 is 0 Å². The van der Waals surface area contributed by atoms with Crippen molar-refractivity contribution < 1.29 is 17.6 Å². The highest BCUT2D eigenvalue weighted by Crippen LogP contribution is 2.22. The lowest BCUT2D eigenvalue weighted by Crippen LogP contribution is -2.51. The van der Waals surface area contributed by atoms with Crippen LogP contribution in [0.5, 0.6) is 0 Å². The van der Waals surface area contributed by atoms with Gasteiger partial charge >= 0.3 is 0 Å². The van der Waals surface area contributed by atoms with E-state index in [1.165, 1.54) is 16.8 Å². The molecule has 0 aliphatic carbocycles. The number of pyridine rings is 1. The van der Waals surface area contributed by atoms with Gasteiger partial charge in [0.05, 0.1) is 6.26 Å². The maximum absolute atomic E-state index is 12.6. The Morgan fingerprint density at radius 3 is 2.88 bits per heavy atom. The monoisotopic (exact) mass is 378 g/mol. The topological polar surface area (TPSA) is 96.6 Å². The molecule has 0 bridgehead atoms. The Morgan fingerprint density at radius 1 is 1.46 bits per heavy atom. The summed E-state index contributed by atoms with van der Waals surface area (Å²) in [5.74, 6) is 0.192. The van der Waals surface area contributed by atoms with Gasteiger partial charge in [-0.2, -0.15) is 4.31 Å². The molecule has 140 valence electrons. The van der Waals surface area contributed by atoms with E-state index in [-0.39, 0.29) is 24.2 Å². The summed E-state index contributed by atoms with van der Waals surface area (Å²) in [4.78, 5) is 22.4. The summed E-state index contributed by atoms with van der Waals surface area (Å²) in [5.41, 5.74) is 1.06. The van der Waals surface area contributed by atoms with Crippen molar-refractivity contribution in [2.45, 2.75) is 32.4 Å². The summed E-state index contributed by atoms with van der Waals surface area (Å²) in [7, 11) is -3.44. The van der Waals surface area contributed by atoms with E-state index in [0.29, 0.717) is 25.4 Å². The Morgan fingerprint density at radius 2 is 2.27 bits per heavy atom. The number of oxazole rings is 1. The molecule has 1 aliphatic rings. The third-order valence-corrected chi connectivity index (χ3v) is 5.70. The first-order chi connectivity index (χ1) is 12.3. The second kappa shape index (κ2) is 7.55. The number of piperidine rings is 1. The smallest absolute Gasteiger partial charge is 0.275 e. The fourth-order valence-corrected chi connectivity index (χ4v) is 4.28. The quantitative estimate of drug-likeness (QED) is 0.781. The zero-order valence-electron chi connectivity index (χ0n) is 14.8. The second-order valence-electron chi connectivity index (χ2n) is 6.47. The van der Waals surface area contributed by atoms with E-state index in [1.54, 1.807) is 30.3 Å². The first-order valence-corrected chi connectivity index (χ1v) is 10.3. The molecule has 1 amide bonds. The van der Waals surface area contributed by atoms with E-state index in [9.17, 15) is 13.2 Å². The van der Waals surface area contributed by atoms with Crippen molar-refractivity contribution in [3.05, 3.63) is 47.9 Å². The van der Waals surface area contributed by atoms with E-state index in [2.05, 4.69) is 9.97 Å². The lowest BCUT2D eigenvalue weighted by atomic mass is 10.0. The molecule has 1 atom stereocenters. The summed E-state index contributed by atoms with van der Waals surface area (Å²) in [5, 5.41) is 0. The SMILES string of the molecule is Cc1nc(C(=O)N2CCCC(N(Cc3cccnc3)S(C)(=O)=O)C2)co1. The first kappa shape index (κ1) is 18.5. The predicted molar refractivity (Wildman–Crippen MR) is 94.8 cm³/mol. The largest absolute Gasteiger partial charge is 0.448 e. The highest BCUT2D eigenvalue weighted by Gasteiger charge is 2.33. The number of sulfonamides is 1. The average molecular weight is 378 g/mol. The van der Waals surface area contributed by atoms with Crippen LogP contribution >= 0.6 is 0 Å². The van der Waals surface area contributed by atoms with Crippen LogP contribution in [0.3, 0.4) is 0 Å². The number of hydrogen-bond donors (Lipinski definition) is 0. The van der Waals surface area contributed by atoms with Crippen molar-refractivity contribution in [2.24, 2.45) is 0 Å². The van der Waals surface area contributed by atoms with Crippen molar-refractivity contribution in [3.8, 4) is 0 Å². The summed E-state index contributed by atoms with van der Waals surface area (Å²) >= 11 is 0. The number of rotatable bonds is 5. The van der Waals surface area contributed by atoms with E-state index in [4.69, 9.17) is 4.42 Å². The van der Waals surface area contributed by atoms with Crippen molar-refractivity contribution in [1.29, 1.82) is 0 Å². The fraction of sp³-hybridized carbons (Fsp3) is 0.471. The number of amides is 1. The van der Waals surface area contributed by atoms with Gasteiger partial charge in [-0.25, -0.2) is 13.4 Å². The van der Waals surface area contributed by atoms with Gasteiger partial charge in [-0.1, -0.05) is 6.07 Å². The summed E-state index contributed by atoms with van der Waals surface area (Å²) in [6, 6.07) is 3.34. The van der Waals surface area contributed by atoms with Crippen LogP contribution in [0.25, 0.3) is 0 Å². The molecule has 0 N–H and O–H groups in total. The van der Waals surface area contributed by atoms with E-state index >= 15 is 0 Å². The normalized spacial score (nSPS) is 18.3. The molecular weight excluding hydrogens is 356 g/mol. The van der Waals surface area contributed by atoms with Gasteiger partial charge in [-0.05, 0) is 24.5 Å². The van der Waals surface area contributed by atoms with Gasteiger partial charge in [0, 0.05) is 45.0 Å². The molecular formula is C17H22N4O4S. The van der Waals surface area contributed by atoms with Crippen molar-refractivity contribution in [1.82, 2.24) is 19.2 Å². The minimum absolute atomic E-state index is 0.235. The molecule has 2 aromatic rings. The summed E-state index contributed by atoms with van der Waals surface area (Å²) in [6.07, 6.45) is 7.27. The standard InChI is InChI=1S/C17H22N4O4S/c1-13-19-16(12-25-13)17(22)20-8-4-6-15(11-20)21(26(2,23)24)10-14-5-3-7-18-9-14/h3,5,7,9,12,15H,4,6,8,10-11H2,1-2H3. The van der Waals surface area contributed by atoms with Crippen LogP contribution in [0, 0.1) is 6.92 Å². The highest BCUT2D eigenvalue weighted by molar-refractivity contribution is 7.88. The third kappa shape index (κ3) is 4.28. The van der Waals surface area contributed by atoms with Gasteiger partial charge in [0.2, 0.25) is 10.0 Å². The third-order valence-electron chi connectivity index (χ3n) is 4.42. The van der Waals surface area contributed by atoms with Gasteiger partial charge in [-0.3, -0.25) is 9.78 Å². The van der Waals surface area contributed by atoms with Crippen LogP contribution in [0.15, 0.2) is 35.2 Å². The molecule has 1 fully saturated rings. The van der Waals surface area contributed by atoms with Crippen molar-refractivity contribution >= 4 is 15.9 Å². The van der Waals surface area contributed by atoms with Gasteiger partial charge in [-0.15, -0.1) is 0 Å². The van der Waals surface area contributed by atoms with Crippen LogP contribution in [-0.2, 0) is 16.6 Å². The first-order valence-electron chi connectivity index (χ1n) is 8.41. The molecule has 8 nitrogen and oxygen atoms in total. The number of likely N-dealkylation sites (tertiary alicyclic amines) is 1. The van der Waals surface area contributed by atoms with E-state index in [1.807, 2.05) is 6.07 Å². The minimum atomic E-state index is -3.44. The van der Waals surface area contributed by atoms with E-state index in [0.717, 1.165) is 12.0 Å². The zero-order valence-corrected chi connectivity index (χ0v) is 15.6. The number of nitrogens with zero attached hydrogens (tertiary/aromatic N) is 4. The molecule has 9 heteroatoms. The molecule has 26 heavy (non-hydrogen) atoms. The maximum Gasteiger partial charge on any atom is 0.275 e. The van der Waals surface area contributed by atoms with Crippen LogP contribution in [0.1, 0.15) is 34.8 Å². The Kier molecular flexibility index (Phi) is 5.38. The van der Waals surface area contributed by atoms with Gasteiger partial charge < -0.3 is 9.32 Å². The Hall–Kier alpha value is -2.26. The lowest BCUT2D eigenvalue weighted by molar-refractivity contribution is 0.0645. The minimum Gasteiger partial charge on any atom is -0.448 e. The highest BCUT2D eigenvalue weighted by atomic mass is 32.2. The average Bonchev–Trinajstić information content (AvgIpc) is 3.05. The zero-order chi connectivity index (χ0) is 18.7. The molecule has 2 aromatic heterocycles. The summed E-state index contributed by atoms with van der Waals surface area (Å²) in [6.45, 7) is 2.82. The van der Waals surface area contributed by atoms with Gasteiger partial charge in [0.1, 0.15) is 6.26 Å². The Labute approximate surface area is 152 Å². The predicted octanol–water partition coefficient (Wildman–Crippen LogP) is 1.44. The molecule has 0 radical (unpaired) electrons. The molecule has 1 unspecified atom stereocenters. The number of aryl methyl sites for hydroxylation is 1. The number of aromatic nitrogens is 2. The van der Waals surface area contributed by atoms with Crippen molar-refractivity contribution in [3.63, 3.8) is 0 Å². The van der Waals surface area contributed by atoms with Crippen LogP contribution in [0.4, 0.5) is 0 Å². The van der Waals surface area contributed by atoms with Crippen molar-refractivity contribution in [2.75, 3.05) is 19.3 Å². The summed E-state index contributed by atoms with van der Waals surface area (Å²) < 4.78 is 31.3. The molecule has 0 saturated carbocycles. The fourth-order valence-electron chi connectivity index (χ4n) is 3.19. The second-order valence-corrected chi connectivity index (χ2v) is 8.40. The number of hydrogen-bond acceptors (Lipinski definition) is 6. The molecule has 0 aromatic carbocycles. The van der Waals surface area contributed by atoms with Crippen LogP contribution in [-0.4, -0.2) is 58.9 Å². The molecule has 3 rings (SSSR count). The molecule has 3 heterocycles. The Balaban J connectivity index is 1.77. The lowest BCUT2D eigenvalue weighted by Gasteiger charge is -2.37. The van der Waals surface area contributed by atoms with E-state index < -0.39 is 10.0 Å². The number of carbonyl (C=O) groups is 1. The maximum atomic E-state index is 12.6. The number of carbonyl (C=O) groups excluding carboxylic acids is 1. The van der Waals surface area contributed by atoms with Crippen LogP contribution in [0.2, 0.25) is 0 Å². The molecule has 1 aliphatic heterocycles. The van der Waals surface area contributed by atoms with Gasteiger partial charge in [0.15, 0.2) is 11.6 Å². The molecule has 0 spiro atoms. The van der Waals surface area contributed by atoms with Gasteiger partial charge in [0.25, 0.3) is 5.91 Å². The molecule has 1 saturated heterocycles. The Bertz CT molecular complexity index is 866.